The van der Waals surface area contributed by atoms with Crippen molar-refractivity contribution in [3.05, 3.63) is 17.7 Å². The molecule has 0 saturated heterocycles. The van der Waals surface area contributed by atoms with Gasteiger partial charge in [0.1, 0.15) is 5.75 Å². The zero-order valence-corrected chi connectivity index (χ0v) is 8.31. The third-order valence-corrected chi connectivity index (χ3v) is 2.84. The molecule has 1 aromatic carbocycles. The van der Waals surface area contributed by atoms with Gasteiger partial charge in [-0.15, -0.1) is 0 Å². The van der Waals surface area contributed by atoms with Crippen LogP contribution in [0.15, 0.2) is 12.1 Å². The molecule has 0 fully saturated rings. The summed E-state index contributed by atoms with van der Waals surface area (Å²) in [5.41, 5.74) is 7.71. The van der Waals surface area contributed by atoms with Gasteiger partial charge in [-0.2, -0.15) is 0 Å². The number of anilines is 1. The molecular weight excluding hydrogens is 184 g/mol. The number of aromatic nitrogens is 1. The standard InChI is InChI=1S/C9H10N2OS/c1-5-3-4-6(12-2)8-7(5)11-9(10)13-8/h3-4H,1-2H3,(H2,10,11). The maximum Gasteiger partial charge on any atom is 0.181 e. The van der Waals surface area contributed by atoms with Gasteiger partial charge < -0.3 is 10.5 Å². The maximum absolute atomic E-state index is 5.63. The van der Waals surface area contributed by atoms with Crippen LogP contribution >= 0.6 is 11.3 Å². The van der Waals surface area contributed by atoms with E-state index in [1.54, 1.807) is 7.11 Å². The normalized spacial score (nSPS) is 10.6. The van der Waals surface area contributed by atoms with Crippen molar-refractivity contribution < 1.29 is 4.74 Å². The Morgan fingerprint density at radius 2 is 2.23 bits per heavy atom. The molecule has 2 N–H and O–H groups in total. The topological polar surface area (TPSA) is 48.1 Å². The van der Waals surface area contributed by atoms with Crippen molar-refractivity contribution in [2.24, 2.45) is 0 Å². The lowest BCUT2D eigenvalue weighted by atomic mass is 10.2. The van der Waals surface area contributed by atoms with Crippen molar-refractivity contribution in [2.45, 2.75) is 6.92 Å². The zero-order chi connectivity index (χ0) is 9.42. The van der Waals surface area contributed by atoms with Gasteiger partial charge >= 0.3 is 0 Å². The number of hydrogen-bond acceptors (Lipinski definition) is 4. The Morgan fingerprint density at radius 1 is 1.46 bits per heavy atom. The molecule has 2 aromatic rings. The predicted molar refractivity (Wildman–Crippen MR) is 55.3 cm³/mol. The minimum absolute atomic E-state index is 0.586. The van der Waals surface area contributed by atoms with Crippen LogP contribution in [0.4, 0.5) is 5.13 Å². The second-order valence-electron chi connectivity index (χ2n) is 2.81. The van der Waals surface area contributed by atoms with E-state index in [9.17, 15) is 0 Å². The van der Waals surface area contributed by atoms with Crippen LogP contribution in [0.1, 0.15) is 5.56 Å². The lowest BCUT2D eigenvalue weighted by molar-refractivity contribution is 0.420. The van der Waals surface area contributed by atoms with Crippen LogP contribution in [-0.2, 0) is 0 Å². The molecule has 2 rings (SSSR count). The molecule has 0 aliphatic rings. The lowest BCUT2D eigenvalue weighted by Crippen LogP contribution is -1.84. The van der Waals surface area contributed by atoms with E-state index in [-0.39, 0.29) is 0 Å². The van der Waals surface area contributed by atoms with E-state index < -0.39 is 0 Å². The van der Waals surface area contributed by atoms with Gasteiger partial charge in [0.25, 0.3) is 0 Å². The molecule has 0 radical (unpaired) electrons. The molecule has 3 nitrogen and oxygen atoms in total. The van der Waals surface area contributed by atoms with Crippen LogP contribution in [0.2, 0.25) is 0 Å². The van der Waals surface area contributed by atoms with E-state index >= 15 is 0 Å². The van der Waals surface area contributed by atoms with Gasteiger partial charge in [0.05, 0.1) is 17.3 Å². The fraction of sp³-hybridized carbons (Fsp3) is 0.222. The number of thiazole rings is 1. The average Bonchev–Trinajstić information content (AvgIpc) is 2.48. The van der Waals surface area contributed by atoms with Crippen LogP contribution in [0.25, 0.3) is 10.2 Å². The van der Waals surface area contributed by atoms with Gasteiger partial charge in [-0.05, 0) is 18.6 Å². The molecule has 0 aliphatic carbocycles. The van der Waals surface area contributed by atoms with Crippen molar-refractivity contribution in [1.82, 2.24) is 4.98 Å². The molecule has 0 atom stereocenters. The second-order valence-corrected chi connectivity index (χ2v) is 3.85. The molecule has 68 valence electrons. The number of fused-ring (bicyclic) bond motifs is 1. The Labute approximate surface area is 80.2 Å². The van der Waals surface area contributed by atoms with Crippen molar-refractivity contribution >= 4 is 26.7 Å². The molecule has 13 heavy (non-hydrogen) atoms. The Balaban J connectivity index is 2.83. The first-order valence-corrected chi connectivity index (χ1v) is 4.73. The zero-order valence-electron chi connectivity index (χ0n) is 7.50. The molecular formula is C9H10N2OS. The van der Waals surface area contributed by atoms with E-state index in [4.69, 9.17) is 10.5 Å². The highest BCUT2D eigenvalue weighted by Gasteiger charge is 2.08. The van der Waals surface area contributed by atoms with E-state index in [1.807, 2.05) is 19.1 Å². The molecule has 0 amide bonds. The van der Waals surface area contributed by atoms with Gasteiger partial charge in [-0.25, -0.2) is 4.98 Å². The highest BCUT2D eigenvalue weighted by atomic mass is 32.1. The fourth-order valence-corrected chi connectivity index (χ4v) is 2.19. The number of nitrogen functional groups attached to an aromatic ring is 1. The Hall–Kier alpha value is -1.29. The summed E-state index contributed by atoms with van der Waals surface area (Å²) in [6.45, 7) is 2.01. The van der Waals surface area contributed by atoms with E-state index in [2.05, 4.69) is 4.98 Å². The smallest absolute Gasteiger partial charge is 0.181 e. The molecule has 0 spiro atoms. The van der Waals surface area contributed by atoms with Crippen molar-refractivity contribution in [3.63, 3.8) is 0 Å². The number of ether oxygens (including phenoxy) is 1. The molecule has 0 aliphatic heterocycles. The summed E-state index contributed by atoms with van der Waals surface area (Å²) in [7, 11) is 1.65. The van der Waals surface area contributed by atoms with Crippen molar-refractivity contribution in [1.29, 1.82) is 0 Å². The summed E-state index contributed by atoms with van der Waals surface area (Å²) >= 11 is 1.46. The van der Waals surface area contributed by atoms with E-state index in [0.29, 0.717) is 5.13 Å². The number of nitrogens with zero attached hydrogens (tertiary/aromatic N) is 1. The Kier molecular flexibility index (Phi) is 1.84. The van der Waals surface area contributed by atoms with Gasteiger partial charge in [-0.3, -0.25) is 0 Å². The molecule has 0 saturated carbocycles. The minimum atomic E-state index is 0.586. The first-order valence-electron chi connectivity index (χ1n) is 3.92. The summed E-state index contributed by atoms with van der Waals surface area (Å²) in [5, 5.41) is 0.586. The molecule has 1 aromatic heterocycles. The maximum atomic E-state index is 5.63. The number of methoxy groups -OCH3 is 1. The Bertz CT molecular complexity index is 450. The number of rotatable bonds is 1. The minimum Gasteiger partial charge on any atom is -0.495 e. The summed E-state index contributed by atoms with van der Waals surface area (Å²) < 4.78 is 6.24. The molecule has 4 heteroatoms. The van der Waals surface area contributed by atoms with Crippen LogP contribution in [0.5, 0.6) is 5.75 Å². The monoisotopic (exact) mass is 194 g/mol. The summed E-state index contributed by atoms with van der Waals surface area (Å²) in [6, 6.07) is 3.93. The van der Waals surface area contributed by atoms with Crippen LogP contribution < -0.4 is 10.5 Å². The SMILES string of the molecule is COc1ccc(C)c2nc(N)sc12. The first-order chi connectivity index (χ1) is 6.22. The third-order valence-electron chi connectivity index (χ3n) is 1.95. The Morgan fingerprint density at radius 3 is 2.92 bits per heavy atom. The molecule has 0 bridgehead atoms. The number of hydrogen-bond donors (Lipinski definition) is 1. The molecule has 1 heterocycles. The number of nitrogens with two attached hydrogens (primary N) is 1. The highest BCUT2D eigenvalue weighted by molar-refractivity contribution is 7.22. The van der Waals surface area contributed by atoms with Gasteiger partial charge in [0, 0.05) is 0 Å². The van der Waals surface area contributed by atoms with Crippen LogP contribution in [-0.4, -0.2) is 12.1 Å². The quantitative estimate of drug-likeness (QED) is 0.757. The van der Waals surface area contributed by atoms with Gasteiger partial charge in [-0.1, -0.05) is 17.4 Å². The fourth-order valence-electron chi connectivity index (χ4n) is 1.29. The van der Waals surface area contributed by atoms with Gasteiger partial charge in [0.2, 0.25) is 0 Å². The number of benzene rings is 1. The van der Waals surface area contributed by atoms with Crippen LogP contribution in [0.3, 0.4) is 0 Å². The van der Waals surface area contributed by atoms with Crippen molar-refractivity contribution in [3.8, 4) is 5.75 Å². The highest BCUT2D eigenvalue weighted by Crippen LogP contribution is 2.33. The third kappa shape index (κ3) is 1.23. The molecule has 0 unspecified atom stereocenters. The first kappa shape index (κ1) is 8.31. The van der Waals surface area contributed by atoms with Gasteiger partial charge in [0.15, 0.2) is 5.13 Å². The summed E-state index contributed by atoms with van der Waals surface area (Å²) in [5.74, 6) is 0.842. The predicted octanol–water partition coefficient (Wildman–Crippen LogP) is 2.20. The van der Waals surface area contributed by atoms with Crippen molar-refractivity contribution in [2.75, 3.05) is 12.8 Å². The van der Waals surface area contributed by atoms with Crippen LogP contribution in [0, 0.1) is 6.92 Å². The number of aryl methyl sites for hydroxylation is 1. The lowest BCUT2D eigenvalue weighted by Gasteiger charge is -2.00. The summed E-state index contributed by atoms with van der Waals surface area (Å²) in [4.78, 5) is 4.24. The van der Waals surface area contributed by atoms with E-state index in [1.165, 1.54) is 11.3 Å². The van der Waals surface area contributed by atoms with E-state index in [0.717, 1.165) is 21.5 Å². The second kappa shape index (κ2) is 2.88. The summed E-state index contributed by atoms with van der Waals surface area (Å²) in [6.07, 6.45) is 0. The average molecular weight is 194 g/mol. The largest absolute Gasteiger partial charge is 0.495 e.